The summed E-state index contributed by atoms with van der Waals surface area (Å²) in [6, 6.07) is 0. The molecule has 0 fully saturated rings. The van der Waals surface area contributed by atoms with Crippen molar-refractivity contribution in [3.05, 3.63) is 16.1 Å². The van der Waals surface area contributed by atoms with Crippen LogP contribution in [0.3, 0.4) is 0 Å². The van der Waals surface area contributed by atoms with E-state index in [1.165, 1.54) is 38.5 Å². The van der Waals surface area contributed by atoms with E-state index in [1.54, 1.807) is 15.9 Å². The van der Waals surface area contributed by atoms with Crippen LogP contribution in [0.5, 0.6) is 0 Å². The minimum absolute atomic E-state index is 0. The van der Waals surface area contributed by atoms with E-state index in [9.17, 15) is 4.79 Å². The first-order valence-corrected chi connectivity index (χ1v) is 8.68. The molecule has 0 amide bonds. The molecule has 0 saturated heterocycles. The number of aromatic nitrogens is 1. The lowest BCUT2D eigenvalue weighted by molar-refractivity contribution is -0.593. The predicted octanol–water partition coefficient (Wildman–Crippen LogP) is 1.78. The van der Waals surface area contributed by atoms with Crippen molar-refractivity contribution in [3.8, 4) is 0 Å². The minimum atomic E-state index is -0.232. The molecule has 1 aromatic rings. The maximum absolute atomic E-state index is 11.9. The summed E-state index contributed by atoms with van der Waals surface area (Å²) in [6.45, 7) is 6.65. The SMILES string of the molecule is CCCCCCCCCCOC(=O)[n+]1c(C)csc1C.[Cl-]. The molecular formula is C16H28ClNO2S. The fourth-order valence-corrected chi connectivity index (χ4v) is 3.03. The van der Waals surface area contributed by atoms with E-state index in [2.05, 4.69) is 6.92 Å². The average Bonchev–Trinajstić information content (AvgIpc) is 2.76. The first-order chi connectivity index (χ1) is 9.66. The Hall–Kier alpha value is -0.610. The van der Waals surface area contributed by atoms with Crippen molar-refractivity contribution in [1.82, 2.24) is 0 Å². The van der Waals surface area contributed by atoms with Gasteiger partial charge in [0.15, 0.2) is 0 Å². The summed E-state index contributed by atoms with van der Waals surface area (Å²) in [7, 11) is 0. The zero-order valence-electron chi connectivity index (χ0n) is 13.5. The third-order valence-corrected chi connectivity index (χ3v) is 4.46. The Morgan fingerprint density at radius 3 is 2.19 bits per heavy atom. The van der Waals surface area contributed by atoms with E-state index < -0.39 is 0 Å². The van der Waals surface area contributed by atoms with Crippen molar-refractivity contribution in [2.24, 2.45) is 0 Å². The van der Waals surface area contributed by atoms with Crippen molar-refractivity contribution in [3.63, 3.8) is 0 Å². The first-order valence-electron chi connectivity index (χ1n) is 7.80. The third kappa shape index (κ3) is 7.82. The summed E-state index contributed by atoms with van der Waals surface area (Å²) in [5, 5.41) is 2.95. The molecular weight excluding hydrogens is 306 g/mol. The lowest BCUT2D eigenvalue weighted by Gasteiger charge is -2.02. The predicted molar refractivity (Wildman–Crippen MR) is 83.3 cm³/mol. The van der Waals surface area contributed by atoms with Crippen molar-refractivity contribution < 1.29 is 26.5 Å². The summed E-state index contributed by atoms with van der Waals surface area (Å²) >= 11 is 1.58. The molecule has 0 N–H and O–H groups in total. The molecule has 0 unspecified atom stereocenters. The number of carbonyl (C=O) groups excluding carboxylic acids is 1. The maximum Gasteiger partial charge on any atom is 0.603 e. The molecule has 0 radical (unpaired) electrons. The lowest BCUT2D eigenvalue weighted by atomic mass is 10.1. The Morgan fingerprint density at radius 2 is 1.67 bits per heavy atom. The summed E-state index contributed by atoms with van der Waals surface area (Å²) in [6.07, 6.45) is 9.83. The smallest absolute Gasteiger partial charge is 0.603 e. The topological polar surface area (TPSA) is 30.2 Å². The van der Waals surface area contributed by atoms with Gasteiger partial charge in [0.05, 0.1) is 12.0 Å². The van der Waals surface area contributed by atoms with Crippen LogP contribution in [0, 0.1) is 13.8 Å². The van der Waals surface area contributed by atoms with Gasteiger partial charge in [-0.05, 0) is 6.42 Å². The van der Waals surface area contributed by atoms with Gasteiger partial charge in [-0.25, -0.2) is 0 Å². The summed E-state index contributed by atoms with van der Waals surface area (Å²) < 4.78 is 6.97. The van der Waals surface area contributed by atoms with Crippen LogP contribution in [0.1, 0.15) is 69.0 Å². The number of hydrogen-bond acceptors (Lipinski definition) is 3. The van der Waals surface area contributed by atoms with Gasteiger partial charge in [0.25, 0.3) is 0 Å². The largest absolute Gasteiger partial charge is 1.00 e. The molecule has 3 nitrogen and oxygen atoms in total. The van der Waals surface area contributed by atoms with Crippen LogP contribution in [0.2, 0.25) is 0 Å². The molecule has 122 valence electrons. The number of thiazole rings is 1. The van der Waals surface area contributed by atoms with Crippen LogP contribution < -0.4 is 17.0 Å². The lowest BCUT2D eigenvalue weighted by Crippen LogP contribution is -3.00. The van der Waals surface area contributed by atoms with Crippen molar-refractivity contribution >= 4 is 17.4 Å². The van der Waals surface area contributed by atoms with Crippen molar-refractivity contribution in [2.75, 3.05) is 6.61 Å². The molecule has 0 bridgehead atoms. The third-order valence-electron chi connectivity index (χ3n) is 3.47. The van der Waals surface area contributed by atoms with Crippen LogP contribution in [0.15, 0.2) is 5.38 Å². The quantitative estimate of drug-likeness (QED) is 0.509. The monoisotopic (exact) mass is 333 g/mol. The molecule has 1 heterocycles. The fourth-order valence-electron chi connectivity index (χ4n) is 2.26. The van der Waals surface area contributed by atoms with Crippen LogP contribution in [-0.4, -0.2) is 12.7 Å². The highest BCUT2D eigenvalue weighted by Gasteiger charge is 2.24. The second kappa shape index (κ2) is 12.0. The van der Waals surface area contributed by atoms with E-state index in [0.717, 1.165) is 23.5 Å². The standard InChI is InChI=1S/C16H28NO2S.ClH/c1-4-5-6-7-8-9-10-11-12-19-16(18)17-14(2)13-20-15(17)3;/h13H,4-12H2,1-3H3;1H/q+1;/p-1. The Balaban J connectivity index is 0.00000400. The molecule has 0 saturated carbocycles. The van der Waals surface area contributed by atoms with Crippen molar-refractivity contribution in [2.45, 2.75) is 72.1 Å². The number of halogens is 1. The number of aryl methyl sites for hydroxylation is 2. The van der Waals surface area contributed by atoms with E-state index in [1.807, 2.05) is 19.2 Å². The molecule has 0 aromatic carbocycles. The molecule has 21 heavy (non-hydrogen) atoms. The van der Waals surface area contributed by atoms with E-state index in [4.69, 9.17) is 4.74 Å². The first kappa shape index (κ1) is 20.4. The molecule has 1 rings (SSSR count). The Kier molecular flexibility index (Phi) is 11.6. The number of carbonyl (C=O) groups is 1. The second-order valence-corrected chi connectivity index (χ2v) is 6.38. The van der Waals surface area contributed by atoms with Crippen LogP contribution in [-0.2, 0) is 4.74 Å². The number of rotatable bonds is 9. The fraction of sp³-hybridized carbons (Fsp3) is 0.750. The molecule has 0 aliphatic rings. The van der Waals surface area contributed by atoms with Gasteiger partial charge in [0.1, 0.15) is 0 Å². The van der Waals surface area contributed by atoms with Gasteiger partial charge in [0.2, 0.25) is 10.7 Å². The van der Waals surface area contributed by atoms with Gasteiger partial charge in [0, 0.05) is 13.8 Å². The van der Waals surface area contributed by atoms with Crippen LogP contribution >= 0.6 is 11.3 Å². The zero-order valence-corrected chi connectivity index (χ0v) is 15.1. The number of ether oxygens (including phenoxy) is 1. The molecule has 0 atom stereocenters. The Labute approximate surface area is 139 Å². The molecule has 0 aliphatic heterocycles. The number of nitrogens with zero attached hydrogens (tertiary/aromatic N) is 1. The Bertz CT molecular complexity index is 387. The molecule has 5 heteroatoms. The highest BCUT2D eigenvalue weighted by Crippen LogP contribution is 2.09. The van der Waals surface area contributed by atoms with E-state index in [-0.39, 0.29) is 18.5 Å². The second-order valence-electron chi connectivity index (χ2n) is 5.32. The van der Waals surface area contributed by atoms with Gasteiger partial charge in [-0.15, -0.1) is 0 Å². The zero-order chi connectivity index (χ0) is 14.8. The van der Waals surface area contributed by atoms with Crippen LogP contribution in [0.25, 0.3) is 0 Å². The number of unbranched alkanes of at least 4 members (excludes halogenated alkanes) is 7. The summed E-state index contributed by atoms with van der Waals surface area (Å²) in [4.78, 5) is 11.9. The van der Waals surface area contributed by atoms with Crippen LogP contribution in [0.4, 0.5) is 4.79 Å². The van der Waals surface area contributed by atoms with Gasteiger partial charge in [-0.1, -0.05) is 67.8 Å². The summed E-state index contributed by atoms with van der Waals surface area (Å²) in [5.41, 5.74) is 0.952. The molecule has 1 aromatic heterocycles. The maximum atomic E-state index is 11.9. The van der Waals surface area contributed by atoms with Gasteiger partial charge in [-0.3, -0.25) is 0 Å². The normalized spacial score (nSPS) is 10.2. The van der Waals surface area contributed by atoms with Crippen molar-refractivity contribution in [1.29, 1.82) is 0 Å². The minimum Gasteiger partial charge on any atom is -1.00 e. The van der Waals surface area contributed by atoms with E-state index in [0.29, 0.717) is 6.61 Å². The van der Waals surface area contributed by atoms with Gasteiger partial charge >= 0.3 is 6.09 Å². The number of hydrogen-bond donors (Lipinski definition) is 0. The molecule has 0 aliphatic carbocycles. The highest BCUT2D eigenvalue weighted by molar-refractivity contribution is 7.09. The summed E-state index contributed by atoms with van der Waals surface area (Å²) in [5.74, 6) is 0. The van der Waals surface area contributed by atoms with Gasteiger partial charge < -0.3 is 17.1 Å². The average molecular weight is 334 g/mol. The van der Waals surface area contributed by atoms with E-state index >= 15 is 0 Å². The highest BCUT2D eigenvalue weighted by atomic mass is 35.5. The molecule has 0 spiro atoms. The Morgan fingerprint density at radius 1 is 1.10 bits per heavy atom. The van der Waals surface area contributed by atoms with Gasteiger partial charge in [-0.2, -0.15) is 4.79 Å².